The maximum Gasteiger partial charge on any atom is 0.254 e. The molecule has 0 aromatic heterocycles. The molecule has 2 heteroatoms. The van der Waals surface area contributed by atoms with E-state index in [2.05, 4.69) is 18.8 Å². The number of rotatable bonds is 3. The largest absolute Gasteiger partial charge is 0.345 e. The van der Waals surface area contributed by atoms with Gasteiger partial charge in [0.25, 0.3) is 5.91 Å². The van der Waals surface area contributed by atoms with E-state index in [0.717, 1.165) is 24.8 Å². The van der Waals surface area contributed by atoms with E-state index in [9.17, 15) is 4.79 Å². The SMILES string of the molecule is CCCCC#Cc1ccccc1C(=O)N(C)C. The average molecular weight is 229 g/mol. The molecule has 0 aliphatic heterocycles. The van der Waals surface area contributed by atoms with Crippen LogP contribution in [0.1, 0.15) is 42.1 Å². The van der Waals surface area contributed by atoms with Crippen LogP contribution in [0.15, 0.2) is 24.3 Å². The maximum absolute atomic E-state index is 11.9. The number of unbranched alkanes of at least 4 members (excludes halogenated alkanes) is 2. The molecule has 0 radical (unpaired) electrons. The predicted molar refractivity (Wildman–Crippen MR) is 70.9 cm³/mol. The summed E-state index contributed by atoms with van der Waals surface area (Å²) < 4.78 is 0. The standard InChI is InChI=1S/C15H19NO/c1-4-5-6-7-10-13-11-8-9-12-14(13)15(17)16(2)3/h8-9,11-12H,4-6H2,1-3H3. The molecule has 0 aliphatic carbocycles. The average Bonchev–Trinajstić information content (AvgIpc) is 2.34. The topological polar surface area (TPSA) is 20.3 Å². The zero-order valence-electron chi connectivity index (χ0n) is 10.8. The highest BCUT2D eigenvalue weighted by Gasteiger charge is 2.10. The summed E-state index contributed by atoms with van der Waals surface area (Å²) in [5.74, 6) is 6.21. The number of hydrogen-bond acceptors (Lipinski definition) is 1. The predicted octanol–water partition coefficient (Wildman–Crippen LogP) is 2.93. The smallest absolute Gasteiger partial charge is 0.254 e. The monoisotopic (exact) mass is 229 g/mol. The van der Waals surface area contributed by atoms with Crippen molar-refractivity contribution >= 4 is 5.91 Å². The maximum atomic E-state index is 11.9. The van der Waals surface area contributed by atoms with E-state index in [1.165, 1.54) is 0 Å². The van der Waals surface area contributed by atoms with Gasteiger partial charge in [-0.3, -0.25) is 4.79 Å². The fourth-order valence-electron chi connectivity index (χ4n) is 1.44. The van der Waals surface area contributed by atoms with E-state index in [4.69, 9.17) is 0 Å². The molecule has 1 aromatic carbocycles. The Balaban J connectivity index is 2.91. The van der Waals surface area contributed by atoms with E-state index < -0.39 is 0 Å². The van der Waals surface area contributed by atoms with Crippen LogP contribution in [-0.2, 0) is 0 Å². The zero-order valence-corrected chi connectivity index (χ0v) is 10.8. The molecule has 0 fully saturated rings. The van der Waals surface area contributed by atoms with Gasteiger partial charge in [-0.2, -0.15) is 0 Å². The van der Waals surface area contributed by atoms with E-state index >= 15 is 0 Å². The molecule has 1 amide bonds. The van der Waals surface area contributed by atoms with Gasteiger partial charge in [-0.15, -0.1) is 0 Å². The second-order valence-electron chi connectivity index (χ2n) is 4.15. The van der Waals surface area contributed by atoms with Gasteiger partial charge in [0, 0.05) is 26.1 Å². The Hall–Kier alpha value is -1.75. The summed E-state index contributed by atoms with van der Waals surface area (Å²) in [5.41, 5.74) is 1.50. The number of carbonyl (C=O) groups excluding carboxylic acids is 1. The molecule has 0 aliphatic rings. The first-order valence-corrected chi connectivity index (χ1v) is 5.96. The summed E-state index contributed by atoms with van der Waals surface area (Å²) in [6.07, 6.45) is 3.14. The van der Waals surface area contributed by atoms with Crippen molar-refractivity contribution in [2.75, 3.05) is 14.1 Å². The first-order valence-electron chi connectivity index (χ1n) is 5.96. The van der Waals surface area contributed by atoms with Crippen molar-refractivity contribution in [2.24, 2.45) is 0 Å². The molecule has 0 bridgehead atoms. The summed E-state index contributed by atoms with van der Waals surface area (Å²) in [4.78, 5) is 13.5. The number of benzene rings is 1. The van der Waals surface area contributed by atoms with Gasteiger partial charge in [0.1, 0.15) is 0 Å². The van der Waals surface area contributed by atoms with Crippen molar-refractivity contribution in [2.45, 2.75) is 26.2 Å². The summed E-state index contributed by atoms with van der Waals surface area (Å²) in [7, 11) is 3.51. The highest BCUT2D eigenvalue weighted by molar-refractivity contribution is 5.96. The van der Waals surface area contributed by atoms with Crippen molar-refractivity contribution in [1.82, 2.24) is 4.90 Å². The normalized spacial score (nSPS) is 9.35. The van der Waals surface area contributed by atoms with Crippen molar-refractivity contribution in [3.05, 3.63) is 35.4 Å². The van der Waals surface area contributed by atoms with Gasteiger partial charge in [0.2, 0.25) is 0 Å². The van der Waals surface area contributed by atoms with Gasteiger partial charge in [0.05, 0.1) is 5.56 Å². The molecule has 0 heterocycles. The van der Waals surface area contributed by atoms with Crippen LogP contribution in [0.4, 0.5) is 0 Å². The second kappa shape index (κ2) is 6.75. The third-order valence-electron chi connectivity index (χ3n) is 2.44. The van der Waals surface area contributed by atoms with E-state index in [0.29, 0.717) is 5.56 Å². The molecule has 17 heavy (non-hydrogen) atoms. The molecular weight excluding hydrogens is 210 g/mol. The Labute approximate surface area is 104 Å². The fraction of sp³-hybridized carbons (Fsp3) is 0.400. The summed E-state index contributed by atoms with van der Waals surface area (Å²) >= 11 is 0. The lowest BCUT2D eigenvalue weighted by Gasteiger charge is -2.11. The minimum Gasteiger partial charge on any atom is -0.345 e. The summed E-state index contributed by atoms with van der Waals surface area (Å²) in [5, 5.41) is 0. The lowest BCUT2D eigenvalue weighted by molar-refractivity contribution is 0.0827. The van der Waals surface area contributed by atoms with Crippen LogP contribution in [0.25, 0.3) is 0 Å². The first-order chi connectivity index (χ1) is 8.16. The lowest BCUT2D eigenvalue weighted by Crippen LogP contribution is -2.22. The van der Waals surface area contributed by atoms with E-state index in [1.54, 1.807) is 19.0 Å². The van der Waals surface area contributed by atoms with Crippen molar-refractivity contribution in [3.8, 4) is 11.8 Å². The lowest BCUT2D eigenvalue weighted by atomic mass is 10.1. The Bertz CT molecular complexity index is 438. The number of hydrogen-bond donors (Lipinski definition) is 0. The summed E-state index contributed by atoms with van der Waals surface area (Å²) in [6, 6.07) is 7.51. The van der Waals surface area contributed by atoms with Crippen LogP contribution >= 0.6 is 0 Å². The number of carbonyl (C=O) groups is 1. The van der Waals surface area contributed by atoms with Gasteiger partial charge >= 0.3 is 0 Å². The van der Waals surface area contributed by atoms with Gasteiger partial charge < -0.3 is 4.90 Å². The van der Waals surface area contributed by atoms with Crippen molar-refractivity contribution in [1.29, 1.82) is 0 Å². The molecule has 0 N–H and O–H groups in total. The molecule has 1 aromatic rings. The molecule has 90 valence electrons. The Kier molecular flexibility index (Phi) is 5.29. The fourth-order valence-corrected chi connectivity index (χ4v) is 1.44. The molecule has 0 spiro atoms. The van der Waals surface area contributed by atoms with Crippen molar-refractivity contribution < 1.29 is 4.79 Å². The molecule has 2 nitrogen and oxygen atoms in total. The molecule has 0 atom stereocenters. The molecular formula is C15H19NO. The Morgan fingerprint density at radius 2 is 2.00 bits per heavy atom. The zero-order chi connectivity index (χ0) is 12.7. The molecule has 1 rings (SSSR count). The van der Waals surface area contributed by atoms with Gasteiger partial charge in [0.15, 0.2) is 0 Å². The van der Waals surface area contributed by atoms with E-state index in [-0.39, 0.29) is 5.91 Å². The highest BCUT2D eigenvalue weighted by atomic mass is 16.2. The van der Waals surface area contributed by atoms with Crippen LogP contribution < -0.4 is 0 Å². The first kappa shape index (κ1) is 13.3. The Morgan fingerprint density at radius 1 is 1.29 bits per heavy atom. The van der Waals surface area contributed by atoms with Crippen LogP contribution in [0.5, 0.6) is 0 Å². The summed E-state index contributed by atoms with van der Waals surface area (Å²) in [6.45, 7) is 2.14. The van der Waals surface area contributed by atoms with Crippen LogP contribution in [-0.4, -0.2) is 24.9 Å². The van der Waals surface area contributed by atoms with Gasteiger partial charge in [-0.05, 0) is 18.6 Å². The van der Waals surface area contributed by atoms with Gasteiger partial charge in [-0.1, -0.05) is 37.3 Å². The number of amides is 1. The third-order valence-corrected chi connectivity index (χ3v) is 2.44. The van der Waals surface area contributed by atoms with Crippen molar-refractivity contribution in [3.63, 3.8) is 0 Å². The minimum absolute atomic E-state index is 0.00499. The van der Waals surface area contributed by atoms with Crippen LogP contribution in [0.2, 0.25) is 0 Å². The molecule has 0 saturated heterocycles. The quantitative estimate of drug-likeness (QED) is 0.576. The van der Waals surface area contributed by atoms with Crippen LogP contribution in [0.3, 0.4) is 0 Å². The minimum atomic E-state index is 0.00499. The second-order valence-corrected chi connectivity index (χ2v) is 4.15. The number of nitrogens with zero attached hydrogens (tertiary/aromatic N) is 1. The molecule has 0 unspecified atom stereocenters. The highest BCUT2D eigenvalue weighted by Crippen LogP contribution is 2.09. The van der Waals surface area contributed by atoms with Crippen LogP contribution in [0, 0.1) is 11.8 Å². The Morgan fingerprint density at radius 3 is 2.65 bits per heavy atom. The third kappa shape index (κ3) is 3.96. The van der Waals surface area contributed by atoms with Gasteiger partial charge in [-0.25, -0.2) is 0 Å². The molecule has 0 saturated carbocycles. The van der Waals surface area contributed by atoms with E-state index in [1.807, 2.05) is 24.3 Å².